The second-order valence-corrected chi connectivity index (χ2v) is 4.73. The molecule has 1 atom stereocenters. The molecule has 1 rings (SSSR count). The van der Waals surface area contributed by atoms with Crippen LogP contribution in [0.2, 0.25) is 0 Å². The van der Waals surface area contributed by atoms with E-state index in [9.17, 15) is 9.90 Å². The van der Waals surface area contributed by atoms with Crippen molar-refractivity contribution >= 4 is 5.78 Å². The first-order valence-corrected chi connectivity index (χ1v) is 5.44. The maximum atomic E-state index is 11.4. The molecule has 0 saturated carbocycles. The Morgan fingerprint density at radius 2 is 2.00 bits per heavy atom. The number of hydrogen-bond donors (Lipinski definition) is 1. The number of nitrogens with zero attached hydrogens (tertiary/aromatic N) is 1. The highest BCUT2D eigenvalue weighted by Gasteiger charge is 2.32. The second-order valence-electron chi connectivity index (χ2n) is 4.73. The van der Waals surface area contributed by atoms with Crippen LogP contribution in [0.1, 0.15) is 20.8 Å². The van der Waals surface area contributed by atoms with E-state index in [1.807, 2.05) is 0 Å². The Hall–Kier alpha value is -0.450. The Bertz CT molecular complexity index is 216. The largest absolute Gasteiger partial charge is 0.390 e. The van der Waals surface area contributed by atoms with E-state index in [0.717, 1.165) is 26.3 Å². The molecule has 0 aromatic rings. The van der Waals surface area contributed by atoms with Crippen molar-refractivity contribution in [3.8, 4) is 0 Å². The lowest BCUT2D eigenvalue weighted by atomic mass is 9.87. The van der Waals surface area contributed by atoms with Gasteiger partial charge < -0.3 is 9.84 Å². The van der Waals surface area contributed by atoms with Gasteiger partial charge in [-0.05, 0) is 20.8 Å². The summed E-state index contributed by atoms with van der Waals surface area (Å²) in [5.41, 5.74) is -0.940. The van der Waals surface area contributed by atoms with Crippen LogP contribution in [0.25, 0.3) is 0 Å². The van der Waals surface area contributed by atoms with E-state index >= 15 is 0 Å². The average Bonchev–Trinajstić information content (AvgIpc) is 2.13. The molecule has 1 fully saturated rings. The van der Waals surface area contributed by atoms with Gasteiger partial charge in [-0.15, -0.1) is 0 Å². The van der Waals surface area contributed by atoms with Gasteiger partial charge in [0.15, 0.2) is 0 Å². The van der Waals surface area contributed by atoms with Crippen LogP contribution < -0.4 is 0 Å². The Morgan fingerprint density at radius 1 is 1.47 bits per heavy atom. The maximum absolute atomic E-state index is 11.4. The number of Topliss-reactive ketones (excluding diaryl/α,β-unsaturated/α-hetero) is 1. The molecule has 0 radical (unpaired) electrons. The lowest BCUT2D eigenvalue weighted by Crippen LogP contribution is -2.47. The highest BCUT2D eigenvalue weighted by Crippen LogP contribution is 2.19. The summed E-state index contributed by atoms with van der Waals surface area (Å²) in [6, 6.07) is 0. The van der Waals surface area contributed by atoms with Gasteiger partial charge >= 0.3 is 0 Å². The van der Waals surface area contributed by atoms with Crippen LogP contribution in [-0.2, 0) is 9.53 Å². The Morgan fingerprint density at radius 3 is 2.40 bits per heavy atom. The van der Waals surface area contributed by atoms with E-state index in [1.165, 1.54) is 0 Å². The van der Waals surface area contributed by atoms with Crippen LogP contribution in [0.4, 0.5) is 0 Å². The van der Waals surface area contributed by atoms with E-state index in [4.69, 9.17) is 4.74 Å². The number of rotatable bonds is 4. The van der Waals surface area contributed by atoms with E-state index in [2.05, 4.69) is 4.90 Å². The summed E-state index contributed by atoms with van der Waals surface area (Å²) < 4.78 is 5.24. The first-order chi connectivity index (χ1) is 6.91. The van der Waals surface area contributed by atoms with E-state index in [0.29, 0.717) is 6.54 Å². The predicted octanol–water partition coefficient (Wildman–Crippen LogP) is 0.295. The standard InChI is InChI=1S/C11H21NO3/c1-9(13)10(11(2,3)14)8-12-4-6-15-7-5-12/h10,14H,4-8H2,1-3H3. The smallest absolute Gasteiger partial charge is 0.137 e. The molecule has 1 unspecified atom stereocenters. The molecule has 0 aromatic carbocycles. The van der Waals surface area contributed by atoms with Crippen molar-refractivity contribution in [3.05, 3.63) is 0 Å². The summed E-state index contributed by atoms with van der Waals surface area (Å²) in [6.45, 7) is 8.69. The number of ketones is 1. The molecule has 0 aromatic heterocycles. The molecule has 1 heterocycles. The third-order valence-electron chi connectivity index (χ3n) is 2.89. The number of ether oxygens (including phenoxy) is 1. The van der Waals surface area contributed by atoms with Crippen molar-refractivity contribution in [2.45, 2.75) is 26.4 Å². The molecule has 1 aliphatic heterocycles. The van der Waals surface area contributed by atoms with E-state index in [1.54, 1.807) is 20.8 Å². The second kappa shape index (κ2) is 5.05. The van der Waals surface area contributed by atoms with Crippen LogP contribution in [0.15, 0.2) is 0 Å². The van der Waals surface area contributed by atoms with Crippen LogP contribution in [0, 0.1) is 5.92 Å². The summed E-state index contributed by atoms with van der Waals surface area (Å²) in [7, 11) is 0. The molecule has 0 amide bonds. The predicted molar refractivity (Wildman–Crippen MR) is 57.7 cm³/mol. The van der Waals surface area contributed by atoms with E-state index in [-0.39, 0.29) is 11.7 Å². The van der Waals surface area contributed by atoms with E-state index < -0.39 is 5.60 Å². The van der Waals surface area contributed by atoms with Crippen molar-refractivity contribution in [1.29, 1.82) is 0 Å². The quantitative estimate of drug-likeness (QED) is 0.732. The minimum atomic E-state index is -0.940. The topological polar surface area (TPSA) is 49.8 Å². The van der Waals surface area contributed by atoms with Gasteiger partial charge in [0.2, 0.25) is 0 Å². The van der Waals surface area contributed by atoms with Gasteiger partial charge in [0, 0.05) is 19.6 Å². The van der Waals surface area contributed by atoms with Gasteiger partial charge in [-0.25, -0.2) is 0 Å². The summed E-state index contributed by atoms with van der Waals surface area (Å²) in [5.74, 6) is -0.260. The minimum Gasteiger partial charge on any atom is -0.390 e. The lowest BCUT2D eigenvalue weighted by Gasteiger charge is -2.34. The zero-order chi connectivity index (χ0) is 11.5. The van der Waals surface area contributed by atoms with Gasteiger partial charge in [-0.1, -0.05) is 0 Å². The molecule has 4 heteroatoms. The molecule has 1 N–H and O–H groups in total. The highest BCUT2D eigenvalue weighted by molar-refractivity contribution is 5.79. The number of hydrogen-bond acceptors (Lipinski definition) is 4. The first kappa shape index (κ1) is 12.6. The zero-order valence-corrected chi connectivity index (χ0v) is 9.82. The summed E-state index contributed by atoms with van der Waals surface area (Å²) in [6.07, 6.45) is 0. The molecule has 15 heavy (non-hydrogen) atoms. The van der Waals surface area contributed by atoms with Crippen LogP contribution in [-0.4, -0.2) is 54.2 Å². The monoisotopic (exact) mass is 215 g/mol. The van der Waals surface area contributed by atoms with Gasteiger partial charge in [0.1, 0.15) is 5.78 Å². The van der Waals surface area contributed by atoms with Gasteiger partial charge in [0.25, 0.3) is 0 Å². The highest BCUT2D eigenvalue weighted by atomic mass is 16.5. The fraction of sp³-hybridized carbons (Fsp3) is 0.909. The molecular formula is C11H21NO3. The fourth-order valence-electron chi connectivity index (χ4n) is 1.89. The van der Waals surface area contributed by atoms with Crippen LogP contribution >= 0.6 is 0 Å². The third-order valence-corrected chi connectivity index (χ3v) is 2.89. The number of aliphatic hydroxyl groups is 1. The first-order valence-electron chi connectivity index (χ1n) is 5.44. The average molecular weight is 215 g/mol. The normalized spacial score (nSPS) is 21.3. The van der Waals surface area contributed by atoms with Crippen molar-refractivity contribution in [3.63, 3.8) is 0 Å². The van der Waals surface area contributed by atoms with Crippen LogP contribution in [0.3, 0.4) is 0 Å². The summed E-state index contributed by atoms with van der Waals surface area (Å²) in [4.78, 5) is 13.6. The van der Waals surface area contributed by atoms with Gasteiger partial charge in [-0.3, -0.25) is 9.69 Å². The van der Waals surface area contributed by atoms with Crippen LogP contribution in [0.5, 0.6) is 0 Å². The SMILES string of the molecule is CC(=O)C(CN1CCOCC1)C(C)(C)O. The molecule has 4 nitrogen and oxygen atoms in total. The molecule has 0 aliphatic carbocycles. The Labute approximate surface area is 91.2 Å². The number of carbonyl (C=O) groups excluding carboxylic acids is 1. The van der Waals surface area contributed by atoms with Gasteiger partial charge in [-0.2, -0.15) is 0 Å². The molecule has 0 bridgehead atoms. The minimum absolute atomic E-state index is 0.0500. The van der Waals surface area contributed by atoms with Crippen molar-refractivity contribution < 1.29 is 14.6 Å². The molecule has 1 saturated heterocycles. The Kier molecular flexibility index (Phi) is 4.25. The summed E-state index contributed by atoms with van der Waals surface area (Å²) in [5, 5.41) is 9.90. The molecular weight excluding hydrogens is 194 g/mol. The zero-order valence-electron chi connectivity index (χ0n) is 9.82. The molecule has 1 aliphatic rings. The molecule has 0 spiro atoms. The van der Waals surface area contributed by atoms with Crippen molar-refractivity contribution in [1.82, 2.24) is 4.90 Å². The Balaban J connectivity index is 2.54. The van der Waals surface area contributed by atoms with Crippen molar-refractivity contribution in [2.24, 2.45) is 5.92 Å². The van der Waals surface area contributed by atoms with Crippen molar-refractivity contribution in [2.75, 3.05) is 32.8 Å². The fourth-order valence-corrected chi connectivity index (χ4v) is 1.89. The number of carbonyl (C=O) groups is 1. The summed E-state index contributed by atoms with van der Waals surface area (Å²) >= 11 is 0. The lowest BCUT2D eigenvalue weighted by molar-refractivity contribution is -0.130. The van der Waals surface area contributed by atoms with Gasteiger partial charge in [0.05, 0.1) is 24.7 Å². The maximum Gasteiger partial charge on any atom is 0.137 e. The third kappa shape index (κ3) is 3.89. The molecule has 88 valence electrons. The number of morpholine rings is 1.